The van der Waals surface area contributed by atoms with E-state index in [1.807, 2.05) is 36.5 Å². The summed E-state index contributed by atoms with van der Waals surface area (Å²) in [6.45, 7) is 0.793. The Morgan fingerprint density at radius 3 is 2.66 bits per heavy atom. The van der Waals surface area contributed by atoms with E-state index in [4.69, 9.17) is 0 Å². The maximum Gasteiger partial charge on any atom is 0.325 e. The fraction of sp³-hybridized carbons (Fsp3) is 0.522. The van der Waals surface area contributed by atoms with Gasteiger partial charge >= 0.3 is 6.03 Å². The predicted molar refractivity (Wildman–Crippen MR) is 116 cm³/mol. The molecule has 1 saturated carbocycles. The molecule has 4 amide bonds. The maximum absolute atomic E-state index is 13.0. The molecule has 1 aliphatic carbocycles. The van der Waals surface area contributed by atoms with Crippen molar-refractivity contribution in [2.24, 2.45) is 7.05 Å². The number of carbonyl (C=O) groups is 3. The van der Waals surface area contributed by atoms with Crippen LogP contribution >= 0.6 is 0 Å². The number of aromatic nitrogens is 3. The Hall–Kier alpha value is -3.23. The zero-order valence-corrected chi connectivity index (χ0v) is 18.3. The highest BCUT2D eigenvalue weighted by molar-refractivity contribution is 6.07. The molecule has 168 valence electrons. The van der Waals surface area contributed by atoms with Gasteiger partial charge in [-0.2, -0.15) is 5.10 Å². The highest BCUT2D eigenvalue weighted by atomic mass is 16.2. The number of hydrogen-bond donors (Lipinski definition) is 1. The van der Waals surface area contributed by atoms with Gasteiger partial charge in [0.1, 0.15) is 5.54 Å². The molecule has 32 heavy (non-hydrogen) atoms. The first-order chi connectivity index (χ1) is 15.5. The lowest BCUT2D eigenvalue weighted by Crippen LogP contribution is -2.44. The summed E-state index contributed by atoms with van der Waals surface area (Å²) in [6.07, 6.45) is 10.7. The lowest BCUT2D eigenvalue weighted by molar-refractivity contribution is -0.134. The minimum absolute atomic E-state index is 0.0430. The van der Waals surface area contributed by atoms with Crippen molar-refractivity contribution in [3.05, 3.63) is 36.4 Å². The van der Waals surface area contributed by atoms with Crippen LogP contribution in [0.2, 0.25) is 0 Å². The molecule has 0 bridgehead atoms. The SMILES string of the molecule is Cn1cc(-c2ccc([C@H]3CCCN3C(=O)CCN3C(=O)NC4(CCCC4)C3=O)nc2)cn1. The fourth-order valence-corrected chi connectivity index (χ4v) is 5.26. The third kappa shape index (κ3) is 3.55. The van der Waals surface area contributed by atoms with Crippen LogP contribution in [0.1, 0.15) is 56.7 Å². The molecular weight excluding hydrogens is 408 g/mol. The molecule has 1 atom stereocenters. The molecule has 9 nitrogen and oxygen atoms in total. The molecule has 2 aromatic heterocycles. The van der Waals surface area contributed by atoms with Gasteiger partial charge in [0.25, 0.3) is 5.91 Å². The highest BCUT2D eigenvalue weighted by Crippen LogP contribution is 2.36. The minimum Gasteiger partial charge on any atom is -0.334 e. The summed E-state index contributed by atoms with van der Waals surface area (Å²) in [5, 5.41) is 7.07. The Morgan fingerprint density at radius 2 is 1.97 bits per heavy atom. The molecule has 2 saturated heterocycles. The second-order valence-corrected chi connectivity index (χ2v) is 9.05. The van der Waals surface area contributed by atoms with Gasteiger partial charge in [-0.05, 0) is 31.7 Å². The summed E-state index contributed by atoms with van der Waals surface area (Å²) in [4.78, 5) is 45.9. The number of likely N-dealkylation sites (tertiary alicyclic amines) is 1. The first-order valence-electron chi connectivity index (χ1n) is 11.4. The molecule has 1 spiro atoms. The lowest BCUT2D eigenvalue weighted by Gasteiger charge is -2.25. The van der Waals surface area contributed by atoms with E-state index in [1.165, 1.54) is 4.90 Å². The molecule has 0 unspecified atom stereocenters. The van der Waals surface area contributed by atoms with Gasteiger partial charge in [-0.25, -0.2) is 4.79 Å². The molecule has 4 heterocycles. The number of amides is 4. The molecule has 0 radical (unpaired) electrons. The van der Waals surface area contributed by atoms with Crippen molar-refractivity contribution < 1.29 is 14.4 Å². The Labute approximate surface area is 186 Å². The first kappa shape index (κ1) is 20.7. The van der Waals surface area contributed by atoms with Gasteiger partial charge in [-0.3, -0.25) is 24.2 Å². The first-order valence-corrected chi connectivity index (χ1v) is 11.4. The van der Waals surface area contributed by atoms with E-state index in [0.29, 0.717) is 19.4 Å². The molecule has 2 aliphatic heterocycles. The summed E-state index contributed by atoms with van der Waals surface area (Å²) >= 11 is 0. The zero-order valence-electron chi connectivity index (χ0n) is 18.3. The fourth-order valence-electron chi connectivity index (χ4n) is 5.26. The third-order valence-electron chi connectivity index (χ3n) is 6.99. The highest BCUT2D eigenvalue weighted by Gasteiger charge is 2.52. The predicted octanol–water partition coefficient (Wildman–Crippen LogP) is 2.40. The van der Waals surface area contributed by atoms with Gasteiger partial charge in [0.15, 0.2) is 0 Å². The van der Waals surface area contributed by atoms with Crippen molar-refractivity contribution in [3.8, 4) is 11.1 Å². The molecule has 3 fully saturated rings. The number of carbonyl (C=O) groups excluding carboxylic acids is 3. The normalized spacial score (nSPS) is 22.2. The number of aryl methyl sites for hydroxylation is 1. The van der Waals surface area contributed by atoms with Gasteiger partial charge < -0.3 is 10.2 Å². The molecule has 5 rings (SSSR count). The second kappa shape index (κ2) is 8.03. The molecule has 0 aromatic carbocycles. The van der Waals surface area contributed by atoms with Crippen LogP contribution in [-0.2, 0) is 16.6 Å². The molecule has 9 heteroatoms. The summed E-state index contributed by atoms with van der Waals surface area (Å²) in [7, 11) is 1.88. The van der Waals surface area contributed by atoms with Crippen LogP contribution < -0.4 is 5.32 Å². The Bertz CT molecular complexity index is 1040. The van der Waals surface area contributed by atoms with Crippen LogP contribution in [-0.4, -0.2) is 61.0 Å². The van der Waals surface area contributed by atoms with E-state index >= 15 is 0 Å². The third-order valence-corrected chi connectivity index (χ3v) is 6.99. The number of rotatable bonds is 5. The van der Waals surface area contributed by atoms with Gasteiger partial charge in [0.05, 0.1) is 17.9 Å². The maximum atomic E-state index is 13.0. The van der Waals surface area contributed by atoms with E-state index < -0.39 is 5.54 Å². The molecule has 2 aromatic rings. The number of nitrogens with zero attached hydrogens (tertiary/aromatic N) is 5. The lowest BCUT2D eigenvalue weighted by atomic mass is 9.98. The molecule has 3 aliphatic rings. The minimum atomic E-state index is -0.726. The van der Waals surface area contributed by atoms with E-state index in [-0.39, 0.29) is 36.9 Å². The largest absolute Gasteiger partial charge is 0.334 e. The van der Waals surface area contributed by atoms with Crippen molar-refractivity contribution in [1.82, 2.24) is 29.9 Å². The standard InChI is InChI=1S/C23H28N6O3/c1-27-15-17(14-25-27)16-6-7-18(24-13-16)19-5-4-11-28(19)20(30)8-12-29-21(31)23(26-22(29)32)9-2-3-10-23/h6-7,13-15,19H,2-5,8-12H2,1H3,(H,26,32)/t19-/m1/s1. The summed E-state index contributed by atoms with van der Waals surface area (Å²) in [6, 6.07) is 3.54. The summed E-state index contributed by atoms with van der Waals surface area (Å²) < 4.78 is 1.75. The summed E-state index contributed by atoms with van der Waals surface area (Å²) in [5.41, 5.74) is 2.12. The second-order valence-electron chi connectivity index (χ2n) is 9.05. The average Bonchev–Trinajstić information content (AvgIpc) is 3.57. The van der Waals surface area contributed by atoms with E-state index in [1.54, 1.807) is 10.9 Å². The van der Waals surface area contributed by atoms with Crippen LogP contribution in [0.3, 0.4) is 0 Å². The average molecular weight is 437 g/mol. The van der Waals surface area contributed by atoms with Crippen LogP contribution in [0.15, 0.2) is 30.7 Å². The molecular formula is C23H28N6O3. The van der Waals surface area contributed by atoms with Gasteiger partial charge in [-0.1, -0.05) is 18.9 Å². The number of nitrogens with one attached hydrogen (secondary N) is 1. The smallest absolute Gasteiger partial charge is 0.325 e. The van der Waals surface area contributed by atoms with Crippen molar-refractivity contribution in [2.75, 3.05) is 13.1 Å². The van der Waals surface area contributed by atoms with Gasteiger partial charge in [0.2, 0.25) is 5.91 Å². The summed E-state index contributed by atoms with van der Waals surface area (Å²) in [5.74, 6) is -0.211. The van der Waals surface area contributed by atoms with Crippen molar-refractivity contribution >= 4 is 17.8 Å². The molecule has 1 N–H and O–H groups in total. The van der Waals surface area contributed by atoms with Gasteiger partial charge in [-0.15, -0.1) is 0 Å². The number of pyridine rings is 1. The van der Waals surface area contributed by atoms with E-state index in [2.05, 4.69) is 15.4 Å². The zero-order chi connectivity index (χ0) is 22.3. The van der Waals surface area contributed by atoms with Gasteiger partial charge in [0, 0.05) is 50.1 Å². The Kier molecular flexibility index (Phi) is 5.19. The van der Waals surface area contributed by atoms with Crippen molar-refractivity contribution in [2.45, 2.75) is 56.5 Å². The quantitative estimate of drug-likeness (QED) is 0.726. The van der Waals surface area contributed by atoms with Crippen LogP contribution in [0.25, 0.3) is 11.1 Å². The monoisotopic (exact) mass is 436 g/mol. The van der Waals surface area contributed by atoms with Crippen molar-refractivity contribution in [3.63, 3.8) is 0 Å². The van der Waals surface area contributed by atoms with Crippen molar-refractivity contribution in [1.29, 1.82) is 0 Å². The number of imide groups is 1. The Morgan fingerprint density at radius 1 is 1.16 bits per heavy atom. The van der Waals surface area contributed by atoms with Crippen LogP contribution in [0.4, 0.5) is 4.79 Å². The van der Waals surface area contributed by atoms with Crippen LogP contribution in [0.5, 0.6) is 0 Å². The van der Waals surface area contributed by atoms with Crippen LogP contribution in [0, 0.1) is 0 Å². The number of urea groups is 1. The van der Waals surface area contributed by atoms with E-state index in [0.717, 1.165) is 42.5 Å². The number of hydrogen-bond acceptors (Lipinski definition) is 5. The van der Waals surface area contributed by atoms with E-state index in [9.17, 15) is 14.4 Å². The topological polar surface area (TPSA) is 100 Å². The Balaban J connectivity index is 1.23.